The number of likely N-dealkylation sites (tertiary alicyclic amines) is 1. The predicted octanol–water partition coefficient (Wildman–Crippen LogP) is 3.06. The average molecular weight is 331 g/mol. The Morgan fingerprint density at radius 1 is 1.39 bits per heavy atom. The summed E-state index contributed by atoms with van der Waals surface area (Å²) in [5, 5.41) is 14.8. The van der Waals surface area contributed by atoms with Gasteiger partial charge in [0.2, 0.25) is 0 Å². The number of thiazole rings is 1. The quantitative estimate of drug-likeness (QED) is 0.905. The minimum Gasteiger partial charge on any atom is -0.481 e. The van der Waals surface area contributed by atoms with Crippen molar-refractivity contribution in [2.75, 3.05) is 18.4 Å². The van der Waals surface area contributed by atoms with E-state index in [1.54, 1.807) is 16.2 Å². The number of carbonyl (C=O) groups excluding carboxylic acids is 1. The number of hydrogen-bond donors (Lipinski definition) is 2. The highest BCUT2D eigenvalue weighted by molar-refractivity contribution is 7.09. The van der Waals surface area contributed by atoms with Gasteiger partial charge in [0, 0.05) is 24.0 Å². The Morgan fingerprint density at radius 2 is 2.17 bits per heavy atom. The fourth-order valence-electron chi connectivity index (χ4n) is 2.64. The van der Waals surface area contributed by atoms with Gasteiger partial charge < -0.3 is 15.3 Å². The topological polar surface area (TPSA) is 82.5 Å². The lowest BCUT2D eigenvalue weighted by atomic mass is 10.1. The minimum absolute atomic E-state index is 0.249. The van der Waals surface area contributed by atoms with E-state index in [9.17, 15) is 9.59 Å². The van der Waals surface area contributed by atoms with E-state index >= 15 is 0 Å². The summed E-state index contributed by atoms with van der Waals surface area (Å²) in [6.45, 7) is 2.64. The van der Waals surface area contributed by atoms with Crippen molar-refractivity contribution in [1.82, 2.24) is 9.88 Å². The van der Waals surface area contributed by atoms with Crippen LogP contribution in [0.4, 0.5) is 10.5 Å². The molecule has 2 N–H and O–H groups in total. The van der Waals surface area contributed by atoms with E-state index in [2.05, 4.69) is 10.3 Å². The van der Waals surface area contributed by atoms with Gasteiger partial charge >= 0.3 is 12.0 Å². The number of carboxylic acids is 1. The van der Waals surface area contributed by atoms with Gasteiger partial charge in [0.05, 0.1) is 22.3 Å². The highest BCUT2D eigenvalue weighted by Gasteiger charge is 2.31. The first-order chi connectivity index (χ1) is 11.0. The van der Waals surface area contributed by atoms with Crippen molar-refractivity contribution in [3.8, 4) is 11.3 Å². The third-order valence-corrected chi connectivity index (χ3v) is 4.66. The van der Waals surface area contributed by atoms with E-state index in [-0.39, 0.29) is 12.6 Å². The standard InChI is InChI=1S/C16H17N3O3S/c1-10-17-14(9-23-10)12-4-2-3-5-13(12)18-16(22)19-7-6-11(8-19)15(20)21/h2-5,9,11H,6-8H2,1H3,(H,18,22)(H,20,21). The van der Waals surface area contributed by atoms with E-state index in [0.29, 0.717) is 18.7 Å². The van der Waals surface area contributed by atoms with E-state index in [0.717, 1.165) is 16.3 Å². The molecular formula is C16H17N3O3S. The molecule has 3 rings (SSSR count). The van der Waals surface area contributed by atoms with Gasteiger partial charge in [-0.25, -0.2) is 9.78 Å². The number of aromatic nitrogens is 1. The Labute approximate surface area is 137 Å². The van der Waals surface area contributed by atoms with Crippen LogP contribution in [0, 0.1) is 12.8 Å². The first kappa shape index (κ1) is 15.5. The van der Waals surface area contributed by atoms with Crippen molar-refractivity contribution in [3.05, 3.63) is 34.7 Å². The first-order valence-corrected chi connectivity index (χ1v) is 8.23. The third-order valence-electron chi connectivity index (χ3n) is 3.89. The number of nitrogens with zero attached hydrogens (tertiary/aromatic N) is 2. The number of anilines is 1. The summed E-state index contributed by atoms with van der Waals surface area (Å²) in [7, 11) is 0. The molecule has 0 saturated carbocycles. The average Bonchev–Trinajstić information content (AvgIpc) is 3.17. The number of para-hydroxylation sites is 1. The molecule has 7 heteroatoms. The number of rotatable bonds is 3. The summed E-state index contributed by atoms with van der Waals surface area (Å²) >= 11 is 1.56. The SMILES string of the molecule is Cc1nc(-c2ccccc2NC(=O)N2CCC(C(=O)O)C2)cs1. The fraction of sp³-hybridized carbons (Fsp3) is 0.312. The molecule has 6 nitrogen and oxygen atoms in total. The van der Waals surface area contributed by atoms with E-state index in [1.165, 1.54) is 0 Å². The van der Waals surface area contributed by atoms with E-state index in [4.69, 9.17) is 5.11 Å². The molecule has 1 atom stereocenters. The van der Waals surface area contributed by atoms with Gasteiger partial charge in [0.25, 0.3) is 0 Å². The molecule has 0 spiro atoms. The van der Waals surface area contributed by atoms with Gasteiger partial charge in [-0.1, -0.05) is 18.2 Å². The number of urea groups is 1. The van der Waals surface area contributed by atoms with Gasteiger partial charge in [-0.2, -0.15) is 0 Å². The van der Waals surface area contributed by atoms with Crippen LogP contribution in [0.25, 0.3) is 11.3 Å². The maximum atomic E-state index is 12.4. The Morgan fingerprint density at radius 3 is 2.83 bits per heavy atom. The minimum atomic E-state index is -0.848. The molecular weight excluding hydrogens is 314 g/mol. The Bertz CT molecular complexity index is 744. The van der Waals surface area contributed by atoms with Crippen molar-refractivity contribution in [1.29, 1.82) is 0 Å². The van der Waals surface area contributed by atoms with Crippen molar-refractivity contribution < 1.29 is 14.7 Å². The smallest absolute Gasteiger partial charge is 0.321 e. The molecule has 2 aromatic rings. The molecule has 0 radical (unpaired) electrons. The van der Waals surface area contributed by atoms with Crippen LogP contribution in [0.3, 0.4) is 0 Å². The molecule has 0 bridgehead atoms. The molecule has 1 aliphatic heterocycles. The van der Waals surface area contributed by atoms with Crippen LogP contribution >= 0.6 is 11.3 Å². The molecule has 2 amide bonds. The molecule has 1 unspecified atom stereocenters. The highest BCUT2D eigenvalue weighted by Crippen LogP contribution is 2.29. The Hall–Kier alpha value is -2.41. The van der Waals surface area contributed by atoms with Crippen LogP contribution in [0.15, 0.2) is 29.6 Å². The number of hydrogen-bond acceptors (Lipinski definition) is 4. The normalized spacial score (nSPS) is 17.3. The van der Waals surface area contributed by atoms with Crippen molar-refractivity contribution in [3.63, 3.8) is 0 Å². The van der Waals surface area contributed by atoms with E-state index < -0.39 is 11.9 Å². The summed E-state index contributed by atoms with van der Waals surface area (Å²) in [5.41, 5.74) is 2.37. The molecule has 1 fully saturated rings. The van der Waals surface area contributed by atoms with Crippen LogP contribution in [0.2, 0.25) is 0 Å². The third kappa shape index (κ3) is 3.34. The zero-order chi connectivity index (χ0) is 16.4. The summed E-state index contributed by atoms with van der Waals surface area (Å²) < 4.78 is 0. The number of nitrogens with one attached hydrogen (secondary N) is 1. The molecule has 23 heavy (non-hydrogen) atoms. The Balaban J connectivity index is 1.76. The number of carbonyl (C=O) groups is 2. The van der Waals surface area contributed by atoms with Gasteiger partial charge in [0.15, 0.2) is 0 Å². The second kappa shape index (κ2) is 6.37. The zero-order valence-electron chi connectivity index (χ0n) is 12.7. The molecule has 1 aromatic carbocycles. The Kier molecular flexibility index (Phi) is 4.29. The molecule has 1 aromatic heterocycles. The number of carboxylic acid groups (broad SMARTS) is 1. The van der Waals surface area contributed by atoms with Crippen LogP contribution in [-0.2, 0) is 4.79 Å². The largest absolute Gasteiger partial charge is 0.481 e. The van der Waals surface area contributed by atoms with Crippen LogP contribution in [-0.4, -0.2) is 40.1 Å². The second-order valence-electron chi connectivity index (χ2n) is 5.50. The maximum absolute atomic E-state index is 12.4. The predicted molar refractivity (Wildman–Crippen MR) is 88.6 cm³/mol. The molecule has 2 heterocycles. The van der Waals surface area contributed by atoms with E-state index in [1.807, 2.05) is 36.6 Å². The van der Waals surface area contributed by atoms with Crippen LogP contribution < -0.4 is 5.32 Å². The number of aliphatic carboxylic acids is 1. The zero-order valence-corrected chi connectivity index (χ0v) is 13.5. The lowest BCUT2D eigenvalue weighted by Crippen LogP contribution is -2.33. The van der Waals surface area contributed by atoms with Crippen molar-refractivity contribution in [2.24, 2.45) is 5.92 Å². The molecule has 1 saturated heterocycles. The lowest BCUT2D eigenvalue weighted by molar-refractivity contribution is -0.141. The second-order valence-corrected chi connectivity index (χ2v) is 6.56. The van der Waals surface area contributed by atoms with Crippen molar-refractivity contribution >= 4 is 29.0 Å². The first-order valence-electron chi connectivity index (χ1n) is 7.35. The summed E-state index contributed by atoms with van der Waals surface area (Å²) in [6, 6.07) is 7.22. The summed E-state index contributed by atoms with van der Waals surface area (Å²) in [5.74, 6) is -1.32. The van der Waals surface area contributed by atoms with Gasteiger partial charge in [-0.05, 0) is 19.4 Å². The number of aryl methyl sites for hydroxylation is 1. The van der Waals surface area contributed by atoms with Crippen molar-refractivity contribution in [2.45, 2.75) is 13.3 Å². The molecule has 120 valence electrons. The fourth-order valence-corrected chi connectivity index (χ4v) is 3.26. The van der Waals surface area contributed by atoms with Crippen LogP contribution in [0.5, 0.6) is 0 Å². The number of amides is 2. The molecule has 1 aliphatic rings. The molecule has 0 aliphatic carbocycles. The summed E-state index contributed by atoms with van der Waals surface area (Å²) in [6.07, 6.45) is 0.496. The number of benzene rings is 1. The van der Waals surface area contributed by atoms with Gasteiger partial charge in [-0.15, -0.1) is 11.3 Å². The van der Waals surface area contributed by atoms with Crippen LogP contribution in [0.1, 0.15) is 11.4 Å². The van der Waals surface area contributed by atoms with Gasteiger partial charge in [-0.3, -0.25) is 4.79 Å². The lowest BCUT2D eigenvalue weighted by Gasteiger charge is -2.18. The highest BCUT2D eigenvalue weighted by atomic mass is 32.1. The maximum Gasteiger partial charge on any atom is 0.321 e. The summed E-state index contributed by atoms with van der Waals surface area (Å²) in [4.78, 5) is 29.4. The monoisotopic (exact) mass is 331 g/mol. The van der Waals surface area contributed by atoms with Gasteiger partial charge in [0.1, 0.15) is 0 Å².